The van der Waals surface area contributed by atoms with E-state index in [4.69, 9.17) is 9.15 Å². The summed E-state index contributed by atoms with van der Waals surface area (Å²) in [5.74, 6) is 0.929. The van der Waals surface area contributed by atoms with Gasteiger partial charge in [0.2, 0.25) is 0 Å². The monoisotopic (exact) mass is 484 g/mol. The fraction of sp³-hybridized carbons (Fsp3) is 0.286. The number of ether oxygens (including phenoxy) is 1. The van der Waals surface area contributed by atoms with Crippen LogP contribution in [0.4, 0.5) is 5.82 Å². The first-order valence-electron chi connectivity index (χ1n) is 12.2. The maximum atomic E-state index is 13.2. The van der Waals surface area contributed by atoms with Gasteiger partial charge in [-0.15, -0.1) is 10.2 Å². The normalized spacial score (nSPS) is 13.7. The van der Waals surface area contributed by atoms with Crippen molar-refractivity contribution in [3.05, 3.63) is 82.2 Å². The first kappa shape index (κ1) is 23.5. The summed E-state index contributed by atoms with van der Waals surface area (Å²) < 4.78 is 11.0. The van der Waals surface area contributed by atoms with Crippen molar-refractivity contribution in [1.29, 1.82) is 0 Å². The molecule has 8 heteroatoms. The molecule has 0 radical (unpaired) electrons. The number of carbonyl (C=O) groups excluding carboxylic acids is 1. The second-order valence-electron chi connectivity index (χ2n) is 8.66. The van der Waals surface area contributed by atoms with Crippen molar-refractivity contribution in [2.24, 2.45) is 0 Å². The Kier molecular flexibility index (Phi) is 6.66. The Labute approximate surface area is 209 Å². The van der Waals surface area contributed by atoms with E-state index in [0.717, 1.165) is 23.5 Å². The topological polar surface area (TPSA) is 88.8 Å². The molecule has 3 heterocycles. The second kappa shape index (κ2) is 10.2. The lowest BCUT2D eigenvalue weighted by atomic mass is 10.1. The Morgan fingerprint density at radius 3 is 2.42 bits per heavy atom. The highest BCUT2D eigenvalue weighted by Crippen LogP contribution is 2.26. The summed E-state index contributed by atoms with van der Waals surface area (Å²) in [4.78, 5) is 29.6. The Morgan fingerprint density at radius 1 is 0.972 bits per heavy atom. The van der Waals surface area contributed by atoms with E-state index in [-0.39, 0.29) is 11.5 Å². The molecule has 1 aliphatic rings. The molecule has 0 aliphatic carbocycles. The van der Waals surface area contributed by atoms with E-state index in [1.165, 1.54) is 5.56 Å². The van der Waals surface area contributed by atoms with E-state index in [0.29, 0.717) is 49.5 Å². The number of rotatable bonds is 6. The molecule has 2 aromatic heterocycles. The molecule has 4 aromatic rings. The number of nitrogens with zero attached hydrogens (tertiary/aromatic N) is 4. The van der Waals surface area contributed by atoms with Gasteiger partial charge in [-0.05, 0) is 43.2 Å². The molecule has 0 bridgehead atoms. The van der Waals surface area contributed by atoms with Crippen LogP contribution in [0.1, 0.15) is 29.8 Å². The molecule has 5 rings (SSSR count). The lowest BCUT2D eigenvalue weighted by Crippen LogP contribution is -2.49. The Balaban J connectivity index is 1.26. The van der Waals surface area contributed by atoms with Crippen LogP contribution in [-0.4, -0.2) is 53.8 Å². The van der Waals surface area contributed by atoms with E-state index < -0.39 is 5.63 Å². The summed E-state index contributed by atoms with van der Waals surface area (Å²) in [6.07, 6.45) is 1.000. The van der Waals surface area contributed by atoms with E-state index in [1.807, 2.05) is 25.1 Å². The van der Waals surface area contributed by atoms with Crippen LogP contribution in [0.5, 0.6) is 5.75 Å². The van der Waals surface area contributed by atoms with Gasteiger partial charge in [0.15, 0.2) is 17.2 Å². The van der Waals surface area contributed by atoms with Crippen molar-refractivity contribution in [1.82, 2.24) is 15.1 Å². The lowest BCUT2D eigenvalue weighted by Gasteiger charge is -2.35. The maximum absolute atomic E-state index is 13.2. The van der Waals surface area contributed by atoms with E-state index in [9.17, 15) is 9.59 Å². The molecule has 36 heavy (non-hydrogen) atoms. The Hall–Kier alpha value is -4.20. The number of aromatic nitrogens is 2. The number of anilines is 1. The molecule has 0 saturated carbocycles. The van der Waals surface area contributed by atoms with Crippen molar-refractivity contribution >= 4 is 22.7 Å². The maximum Gasteiger partial charge on any atom is 0.349 e. The third-order valence-electron chi connectivity index (χ3n) is 6.45. The fourth-order valence-electron chi connectivity index (χ4n) is 4.40. The van der Waals surface area contributed by atoms with Crippen LogP contribution in [0.3, 0.4) is 0 Å². The number of hydrogen-bond acceptors (Lipinski definition) is 7. The molecule has 1 amide bonds. The van der Waals surface area contributed by atoms with Crippen LogP contribution in [0, 0.1) is 0 Å². The van der Waals surface area contributed by atoms with Crippen LogP contribution in [0.2, 0.25) is 0 Å². The number of fused-ring (bicyclic) bond motifs is 1. The van der Waals surface area contributed by atoms with Crippen molar-refractivity contribution < 1.29 is 13.9 Å². The molecule has 1 saturated heterocycles. The molecule has 2 aromatic carbocycles. The molecule has 8 nitrogen and oxygen atoms in total. The SMILES string of the molecule is CCOc1cccc2cc(C(=O)N3CCN(c4ccc(-c5ccc(CC)cc5)nn4)CC3)c(=O)oc12. The summed E-state index contributed by atoms with van der Waals surface area (Å²) in [6, 6.07) is 19.2. The van der Waals surface area contributed by atoms with Crippen molar-refractivity contribution in [2.45, 2.75) is 20.3 Å². The van der Waals surface area contributed by atoms with E-state index in [2.05, 4.69) is 46.3 Å². The summed E-state index contributed by atoms with van der Waals surface area (Å²) in [6.45, 7) is 6.57. The quantitative estimate of drug-likeness (QED) is 0.380. The molecular weight excluding hydrogens is 456 g/mol. The van der Waals surface area contributed by atoms with Crippen molar-refractivity contribution in [2.75, 3.05) is 37.7 Å². The van der Waals surface area contributed by atoms with Crippen molar-refractivity contribution in [3.8, 4) is 17.0 Å². The van der Waals surface area contributed by atoms with Crippen LogP contribution < -0.4 is 15.3 Å². The highest BCUT2D eigenvalue weighted by atomic mass is 16.5. The molecule has 0 spiro atoms. The van der Waals surface area contributed by atoms with Gasteiger partial charge in [0, 0.05) is 37.1 Å². The average molecular weight is 485 g/mol. The van der Waals surface area contributed by atoms with Crippen LogP contribution in [0.25, 0.3) is 22.2 Å². The molecule has 0 atom stereocenters. The zero-order valence-electron chi connectivity index (χ0n) is 20.4. The first-order valence-corrected chi connectivity index (χ1v) is 12.2. The van der Waals surface area contributed by atoms with Crippen LogP contribution in [0.15, 0.2) is 69.9 Å². The third kappa shape index (κ3) is 4.66. The van der Waals surface area contributed by atoms with E-state index in [1.54, 1.807) is 23.1 Å². The standard InChI is InChI=1S/C28H28N4O4/c1-3-19-8-10-20(11-9-19)23-12-13-25(30-29-23)31-14-16-32(17-15-31)27(33)22-18-21-6-5-7-24(35-4-2)26(21)36-28(22)34/h5-13,18H,3-4,14-17H2,1-2H3. The molecule has 184 valence electrons. The van der Waals surface area contributed by atoms with Crippen molar-refractivity contribution in [3.63, 3.8) is 0 Å². The average Bonchev–Trinajstić information content (AvgIpc) is 2.93. The number of amides is 1. The van der Waals surface area contributed by atoms with Gasteiger partial charge in [0.1, 0.15) is 5.56 Å². The molecule has 1 fully saturated rings. The van der Waals surface area contributed by atoms with Crippen LogP contribution in [-0.2, 0) is 6.42 Å². The summed E-state index contributed by atoms with van der Waals surface area (Å²) in [7, 11) is 0. The number of aryl methyl sites for hydroxylation is 1. The molecule has 0 N–H and O–H groups in total. The van der Waals surface area contributed by atoms with E-state index >= 15 is 0 Å². The predicted molar refractivity (Wildman–Crippen MR) is 139 cm³/mol. The smallest absolute Gasteiger partial charge is 0.349 e. The lowest BCUT2D eigenvalue weighted by molar-refractivity contribution is 0.0742. The summed E-state index contributed by atoms with van der Waals surface area (Å²) >= 11 is 0. The molecular formula is C28H28N4O4. The van der Waals surface area contributed by atoms with Gasteiger partial charge in [-0.2, -0.15) is 0 Å². The largest absolute Gasteiger partial charge is 0.490 e. The van der Waals surface area contributed by atoms with Gasteiger partial charge in [0.05, 0.1) is 12.3 Å². The second-order valence-corrected chi connectivity index (χ2v) is 8.66. The summed E-state index contributed by atoms with van der Waals surface area (Å²) in [5.41, 5.74) is 2.87. The number of piperazine rings is 1. The van der Waals surface area contributed by atoms with Gasteiger partial charge >= 0.3 is 5.63 Å². The van der Waals surface area contributed by atoms with Gasteiger partial charge in [0.25, 0.3) is 5.91 Å². The predicted octanol–water partition coefficient (Wildman–Crippen LogP) is 4.17. The number of hydrogen-bond donors (Lipinski definition) is 0. The van der Waals surface area contributed by atoms with Gasteiger partial charge in [-0.25, -0.2) is 4.79 Å². The molecule has 1 aliphatic heterocycles. The summed E-state index contributed by atoms with van der Waals surface area (Å²) in [5, 5.41) is 9.48. The zero-order chi connectivity index (χ0) is 25.1. The highest BCUT2D eigenvalue weighted by Gasteiger charge is 2.26. The first-order chi connectivity index (χ1) is 17.6. The number of carbonyl (C=O) groups is 1. The third-order valence-corrected chi connectivity index (χ3v) is 6.45. The van der Waals surface area contributed by atoms with Gasteiger partial charge in [-0.1, -0.05) is 43.3 Å². The van der Waals surface area contributed by atoms with Gasteiger partial charge < -0.3 is 19.0 Å². The van der Waals surface area contributed by atoms with Crippen LogP contribution >= 0.6 is 0 Å². The van der Waals surface area contributed by atoms with Gasteiger partial charge in [-0.3, -0.25) is 4.79 Å². The zero-order valence-corrected chi connectivity index (χ0v) is 20.4. The minimum Gasteiger partial charge on any atom is -0.490 e. The number of benzene rings is 2. The fourth-order valence-corrected chi connectivity index (χ4v) is 4.40. The Morgan fingerprint density at radius 2 is 1.75 bits per heavy atom. The molecule has 0 unspecified atom stereocenters. The Bertz CT molecular complexity index is 1420. The minimum atomic E-state index is -0.657. The highest BCUT2D eigenvalue weighted by molar-refractivity contribution is 5.97. The minimum absolute atomic E-state index is 0.0304. The number of para-hydroxylation sites is 1.